The van der Waals surface area contributed by atoms with Gasteiger partial charge in [0.05, 0.1) is 5.39 Å². The normalized spacial score (nSPS) is 10.3. The molecule has 2 aromatic rings. The average Bonchev–Trinajstić information content (AvgIpc) is 2.19. The van der Waals surface area contributed by atoms with E-state index in [1.807, 2.05) is 24.3 Å². The Morgan fingerprint density at radius 1 is 1.36 bits per heavy atom. The number of hydrogen-bond acceptors (Lipinski definition) is 2. The van der Waals surface area contributed by atoms with Gasteiger partial charge in [0.2, 0.25) is 0 Å². The van der Waals surface area contributed by atoms with Crippen LogP contribution in [0.2, 0.25) is 0 Å². The minimum absolute atomic E-state index is 0.0834. The third-order valence-corrected chi connectivity index (χ3v) is 2.21. The van der Waals surface area contributed by atoms with Crippen LogP contribution in [0, 0.1) is 5.41 Å². The lowest BCUT2D eigenvalue weighted by molar-refractivity contribution is 1.25. The van der Waals surface area contributed by atoms with Gasteiger partial charge in [-0.25, -0.2) is 0 Å². The van der Waals surface area contributed by atoms with Gasteiger partial charge < -0.3 is 10.4 Å². The number of aromatic amines is 1. The van der Waals surface area contributed by atoms with Crippen LogP contribution < -0.4 is 5.56 Å². The molecule has 0 saturated carbocycles. The molecule has 0 aliphatic carbocycles. The van der Waals surface area contributed by atoms with Crippen LogP contribution in [-0.2, 0) is 6.42 Å². The third-order valence-electron chi connectivity index (χ3n) is 2.21. The smallest absolute Gasteiger partial charge is 0.256 e. The van der Waals surface area contributed by atoms with Crippen LogP contribution in [0.4, 0.5) is 0 Å². The summed E-state index contributed by atoms with van der Waals surface area (Å²) in [5, 5.41) is 8.67. The lowest BCUT2D eigenvalue weighted by Gasteiger charge is -2.01. The maximum Gasteiger partial charge on any atom is 0.256 e. The van der Waals surface area contributed by atoms with E-state index < -0.39 is 0 Å². The highest BCUT2D eigenvalue weighted by molar-refractivity contribution is 5.86. The first-order chi connectivity index (χ1) is 6.83. The molecule has 0 amide bonds. The van der Waals surface area contributed by atoms with Gasteiger partial charge in [0.25, 0.3) is 5.56 Å². The van der Waals surface area contributed by atoms with Crippen molar-refractivity contribution >= 4 is 17.0 Å². The molecule has 0 bridgehead atoms. The van der Waals surface area contributed by atoms with Gasteiger partial charge in [0.1, 0.15) is 0 Å². The molecule has 0 saturated heterocycles. The van der Waals surface area contributed by atoms with Crippen LogP contribution in [-0.4, -0.2) is 11.2 Å². The first-order valence-electron chi connectivity index (χ1n) is 4.41. The van der Waals surface area contributed by atoms with Gasteiger partial charge in [-0.3, -0.25) is 4.79 Å². The second-order valence-electron chi connectivity index (χ2n) is 3.10. The molecular formula is C11H10N2O. The molecule has 3 nitrogen and oxygen atoms in total. The zero-order chi connectivity index (χ0) is 9.97. The van der Waals surface area contributed by atoms with Gasteiger partial charge in [-0.1, -0.05) is 18.2 Å². The fraction of sp³-hybridized carbons (Fsp3) is 0.0909. The SMILES string of the molecule is N=CCc1cccc2cc[nH]c(=O)c12. The van der Waals surface area contributed by atoms with Crippen LogP contribution in [0.3, 0.4) is 0 Å². The molecule has 0 atom stereocenters. The van der Waals surface area contributed by atoms with Crippen molar-refractivity contribution in [2.75, 3.05) is 0 Å². The van der Waals surface area contributed by atoms with E-state index in [1.54, 1.807) is 6.20 Å². The van der Waals surface area contributed by atoms with E-state index >= 15 is 0 Å². The van der Waals surface area contributed by atoms with Crippen molar-refractivity contribution in [2.24, 2.45) is 0 Å². The molecule has 1 aromatic carbocycles. The molecule has 0 fully saturated rings. The number of H-pyrrole nitrogens is 1. The third kappa shape index (κ3) is 1.33. The number of aromatic nitrogens is 1. The summed E-state index contributed by atoms with van der Waals surface area (Å²) in [4.78, 5) is 14.2. The second-order valence-corrected chi connectivity index (χ2v) is 3.10. The van der Waals surface area contributed by atoms with E-state index in [9.17, 15) is 4.79 Å². The summed E-state index contributed by atoms with van der Waals surface area (Å²) in [6.45, 7) is 0. The van der Waals surface area contributed by atoms with Gasteiger partial charge in [0.15, 0.2) is 0 Å². The predicted octanol–water partition coefficient (Wildman–Crippen LogP) is 1.72. The Bertz CT molecular complexity index is 523. The van der Waals surface area contributed by atoms with E-state index in [1.165, 1.54) is 6.21 Å². The van der Waals surface area contributed by atoms with Gasteiger partial charge in [0, 0.05) is 12.6 Å². The summed E-state index contributed by atoms with van der Waals surface area (Å²) in [7, 11) is 0. The minimum atomic E-state index is -0.0834. The van der Waals surface area contributed by atoms with Crippen LogP contribution in [0.1, 0.15) is 5.56 Å². The van der Waals surface area contributed by atoms with E-state index in [4.69, 9.17) is 5.41 Å². The molecule has 14 heavy (non-hydrogen) atoms. The second kappa shape index (κ2) is 3.46. The summed E-state index contributed by atoms with van der Waals surface area (Å²) in [5.74, 6) is 0. The first kappa shape index (κ1) is 8.69. The molecular weight excluding hydrogens is 176 g/mol. The lowest BCUT2D eigenvalue weighted by Crippen LogP contribution is -2.07. The molecule has 0 spiro atoms. The average molecular weight is 186 g/mol. The van der Waals surface area contributed by atoms with Crippen molar-refractivity contribution in [1.82, 2.24) is 4.98 Å². The topological polar surface area (TPSA) is 56.7 Å². The summed E-state index contributed by atoms with van der Waals surface area (Å²) < 4.78 is 0. The molecule has 0 aliphatic rings. The summed E-state index contributed by atoms with van der Waals surface area (Å²) in [6, 6.07) is 7.55. The number of fused-ring (bicyclic) bond motifs is 1. The van der Waals surface area contributed by atoms with Gasteiger partial charge in [-0.05, 0) is 23.2 Å². The van der Waals surface area contributed by atoms with Gasteiger partial charge in [-0.15, -0.1) is 0 Å². The van der Waals surface area contributed by atoms with Crippen LogP contribution in [0.15, 0.2) is 35.3 Å². The molecule has 70 valence electrons. The highest BCUT2D eigenvalue weighted by Gasteiger charge is 2.02. The number of benzene rings is 1. The van der Waals surface area contributed by atoms with Crippen LogP contribution >= 0.6 is 0 Å². The van der Waals surface area contributed by atoms with E-state index in [0.717, 1.165) is 10.9 Å². The quantitative estimate of drug-likeness (QED) is 0.689. The highest BCUT2D eigenvalue weighted by atomic mass is 16.1. The fourth-order valence-electron chi connectivity index (χ4n) is 1.60. The molecule has 0 unspecified atom stereocenters. The number of rotatable bonds is 2. The summed E-state index contributed by atoms with van der Waals surface area (Å²) in [6.07, 6.45) is 3.45. The standard InChI is InChI=1S/C11H10N2O/c12-6-4-8-2-1-3-9-5-7-13-11(14)10(8)9/h1-3,5-7,12H,4H2,(H,13,14). The van der Waals surface area contributed by atoms with E-state index in [-0.39, 0.29) is 5.56 Å². The predicted molar refractivity (Wildman–Crippen MR) is 57.1 cm³/mol. The molecule has 0 aliphatic heterocycles. The zero-order valence-corrected chi connectivity index (χ0v) is 7.58. The van der Waals surface area contributed by atoms with Crippen molar-refractivity contribution in [1.29, 1.82) is 5.41 Å². The van der Waals surface area contributed by atoms with Gasteiger partial charge in [-0.2, -0.15) is 0 Å². The molecule has 1 aromatic heterocycles. The van der Waals surface area contributed by atoms with Crippen molar-refractivity contribution in [3.63, 3.8) is 0 Å². The van der Waals surface area contributed by atoms with Crippen molar-refractivity contribution in [2.45, 2.75) is 6.42 Å². The summed E-state index contributed by atoms with van der Waals surface area (Å²) in [5.41, 5.74) is 0.819. The molecule has 2 rings (SSSR count). The molecule has 1 heterocycles. The lowest BCUT2D eigenvalue weighted by atomic mass is 10.0. The van der Waals surface area contributed by atoms with Crippen molar-refractivity contribution in [3.8, 4) is 0 Å². The number of pyridine rings is 1. The highest BCUT2D eigenvalue weighted by Crippen LogP contribution is 2.13. The van der Waals surface area contributed by atoms with Gasteiger partial charge >= 0.3 is 0 Å². The Morgan fingerprint density at radius 2 is 2.21 bits per heavy atom. The Hall–Kier alpha value is -1.90. The van der Waals surface area contributed by atoms with E-state index in [2.05, 4.69) is 4.98 Å². The molecule has 3 heteroatoms. The Kier molecular flexibility index (Phi) is 2.14. The Labute approximate surface area is 80.9 Å². The molecule has 0 radical (unpaired) electrons. The summed E-state index contributed by atoms with van der Waals surface area (Å²) >= 11 is 0. The molecule has 2 N–H and O–H groups in total. The number of nitrogens with one attached hydrogen (secondary N) is 2. The number of hydrogen-bond donors (Lipinski definition) is 2. The Morgan fingerprint density at radius 3 is 3.00 bits per heavy atom. The zero-order valence-electron chi connectivity index (χ0n) is 7.58. The fourth-order valence-corrected chi connectivity index (χ4v) is 1.60. The maximum atomic E-state index is 11.5. The monoisotopic (exact) mass is 186 g/mol. The van der Waals surface area contributed by atoms with E-state index in [0.29, 0.717) is 11.8 Å². The van der Waals surface area contributed by atoms with Crippen LogP contribution in [0.25, 0.3) is 10.8 Å². The maximum absolute atomic E-state index is 11.5. The first-order valence-corrected chi connectivity index (χ1v) is 4.41. The van der Waals surface area contributed by atoms with Crippen molar-refractivity contribution < 1.29 is 0 Å². The van der Waals surface area contributed by atoms with Crippen LogP contribution in [0.5, 0.6) is 0 Å². The Balaban J connectivity index is 2.84. The minimum Gasteiger partial charge on any atom is -0.329 e. The van der Waals surface area contributed by atoms with Crippen molar-refractivity contribution in [3.05, 3.63) is 46.4 Å². The largest absolute Gasteiger partial charge is 0.329 e.